The van der Waals surface area contributed by atoms with Crippen molar-refractivity contribution in [2.24, 2.45) is 0 Å². The molecule has 2 heterocycles. The molecule has 0 aliphatic rings. The Kier molecular flexibility index (Phi) is 2.33. The van der Waals surface area contributed by atoms with Gasteiger partial charge >= 0.3 is 0 Å². The van der Waals surface area contributed by atoms with Crippen molar-refractivity contribution in [3.05, 3.63) is 34.6 Å². The Morgan fingerprint density at radius 2 is 2.17 bits per heavy atom. The number of H-pyrrole nitrogens is 1. The zero-order valence-corrected chi connectivity index (χ0v) is 10.1. The molecule has 0 saturated heterocycles. The Morgan fingerprint density at radius 1 is 1.39 bits per heavy atom. The summed E-state index contributed by atoms with van der Waals surface area (Å²) in [6, 6.07) is 7.63. The molecule has 5 nitrogen and oxygen atoms in total. The predicted octanol–water partition coefficient (Wildman–Crippen LogP) is 1.87. The maximum absolute atomic E-state index is 12.0. The topological polar surface area (TPSA) is 76.7 Å². The smallest absolute Gasteiger partial charge is 0.276 e. The summed E-state index contributed by atoms with van der Waals surface area (Å²) in [4.78, 5) is 14.8. The molecule has 0 bridgehead atoms. The van der Waals surface area contributed by atoms with Crippen LogP contribution in [-0.4, -0.2) is 14.8 Å². The average Bonchev–Trinajstić information content (AvgIpc) is 2.69. The molecule has 3 N–H and O–H groups in total. The number of pyridine rings is 1. The number of nitrogen functional groups attached to an aromatic ring is 1. The number of para-hydroxylation sites is 1. The van der Waals surface area contributed by atoms with Gasteiger partial charge in [0.15, 0.2) is 5.52 Å². The van der Waals surface area contributed by atoms with Gasteiger partial charge in [0, 0.05) is 17.4 Å². The van der Waals surface area contributed by atoms with Crippen LogP contribution in [0.5, 0.6) is 0 Å². The zero-order chi connectivity index (χ0) is 12.7. The lowest BCUT2D eigenvalue weighted by atomic mass is 10.1. The van der Waals surface area contributed by atoms with E-state index in [1.165, 1.54) is 0 Å². The van der Waals surface area contributed by atoms with E-state index in [-0.39, 0.29) is 5.56 Å². The molecule has 0 aliphatic heterocycles. The zero-order valence-electron chi connectivity index (χ0n) is 10.1. The molecule has 0 aliphatic carbocycles. The third kappa shape index (κ3) is 1.40. The van der Waals surface area contributed by atoms with E-state index >= 15 is 0 Å². The van der Waals surface area contributed by atoms with Gasteiger partial charge in [0.1, 0.15) is 5.82 Å². The Labute approximate surface area is 103 Å². The fourth-order valence-electron chi connectivity index (χ4n) is 2.27. The number of hydrogen-bond donors (Lipinski definition) is 2. The van der Waals surface area contributed by atoms with Crippen LogP contribution < -0.4 is 11.3 Å². The fourth-order valence-corrected chi connectivity index (χ4v) is 2.27. The maximum atomic E-state index is 12.0. The summed E-state index contributed by atoms with van der Waals surface area (Å²) in [6.45, 7) is 2.77. The first-order chi connectivity index (χ1) is 8.72. The molecule has 3 aromatic rings. The molecule has 0 unspecified atom stereocenters. The highest BCUT2D eigenvalue weighted by Gasteiger charge is 2.14. The van der Waals surface area contributed by atoms with Crippen LogP contribution >= 0.6 is 0 Å². The number of nitrogens with one attached hydrogen (secondary N) is 1. The molecule has 0 spiro atoms. The number of hydrogen-bond acceptors (Lipinski definition) is 3. The lowest BCUT2D eigenvalue weighted by Gasteiger charge is -2.01. The summed E-state index contributed by atoms with van der Waals surface area (Å²) in [5, 5.41) is 5.99. The second-order valence-electron chi connectivity index (χ2n) is 4.33. The lowest BCUT2D eigenvalue weighted by molar-refractivity contribution is 0.617. The predicted molar refractivity (Wildman–Crippen MR) is 72.6 cm³/mol. The number of nitrogens with zero attached hydrogens (tertiary/aromatic N) is 2. The van der Waals surface area contributed by atoms with Gasteiger partial charge in [-0.15, -0.1) is 0 Å². The Hall–Kier alpha value is -2.30. The number of nitrogens with two attached hydrogens (primary N) is 1. The van der Waals surface area contributed by atoms with Crippen LogP contribution in [0.25, 0.3) is 21.8 Å². The molecule has 1 aromatic carbocycles. The third-order valence-electron chi connectivity index (χ3n) is 3.09. The summed E-state index contributed by atoms with van der Waals surface area (Å²) in [5.41, 5.74) is 7.12. The van der Waals surface area contributed by atoms with E-state index in [0.717, 1.165) is 22.7 Å². The van der Waals surface area contributed by atoms with Crippen LogP contribution in [0.1, 0.15) is 13.3 Å². The SMILES string of the molecule is CCCn1nc2c(=O)[nH]c3ccccc3c2c1N. The highest BCUT2D eigenvalue weighted by molar-refractivity contribution is 6.09. The number of aryl methyl sites for hydroxylation is 1. The van der Waals surface area contributed by atoms with Gasteiger partial charge in [-0.1, -0.05) is 25.1 Å². The van der Waals surface area contributed by atoms with Crippen molar-refractivity contribution in [2.75, 3.05) is 5.73 Å². The normalized spacial score (nSPS) is 11.4. The van der Waals surface area contributed by atoms with E-state index in [1.54, 1.807) is 4.68 Å². The van der Waals surface area contributed by atoms with Crippen molar-refractivity contribution in [1.29, 1.82) is 0 Å². The fraction of sp³-hybridized carbons (Fsp3) is 0.231. The van der Waals surface area contributed by atoms with Crippen LogP contribution in [0.2, 0.25) is 0 Å². The van der Waals surface area contributed by atoms with Gasteiger partial charge in [-0.2, -0.15) is 5.10 Å². The average molecular weight is 242 g/mol. The molecule has 2 aromatic heterocycles. The summed E-state index contributed by atoms with van der Waals surface area (Å²) in [6.07, 6.45) is 0.925. The van der Waals surface area contributed by atoms with E-state index in [2.05, 4.69) is 10.1 Å². The summed E-state index contributed by atoms with van der Waals surface area (Å²) in [7, 11) is 0. The van der Waals surface area contributed by atoms with Crippen LogP contribution in [0.4, 0.5) is 5.82 Å². The van der Waals surface area contributed by atoms with Crippen molar-refractivity contribution in [3.63, 3.8) is 0 Å². The van der Waals surface area contributed by atoms with Crippen molar-refractivity contribution < 1.29 is 0 Å². The molecule has 0 atom stereocenters. The van der Waals surface area contributed by atoms with Crippen molar-refractivity contribution in [2.45, 2.75) is 19.9 Å². The molecule has 92 valence electrons. The monoisotopic (exact) mass is 242 g/mol. The summed E-state index contributed by atoms with van der Waals surface area (Å²) in [5.74, 6) is 0.564. The molecule has 0 saturated carbocycles. The molecule has 0 radical (unpaired) electrons. The Bertz CT molecular complexity index is 785. The molecule has 5 heteroatoms. The first-order valence-electron chi connectivity index (χ1n) is 5.99. The first-order valence-corrected chi connectivity index (χ1v) is 5.99. The van der Waals surface area contributed by atoms with E-state index < -0.39 is 0 Å². The molecular weight excluding hydrogens is 228 g/mol. The van der Waals surface area contributed by atoms with Gasteiger partial charge in [-0.3, -0.25) is 4.79 Å². The van der Waals surface area contributed by atoms with Crippen LogP contribution in [-0.2, 0) is 6.54 Å². The number of aromatic nitrogens is 3. The van der Waals surface area contributed by atoms with Crippen LogP contribution in [0, 0.1) is 0 Å². The van der Waals surface area contributed by atoms with Gasteiger partial charge in [-0.05, 0) is 12.5 Å². The highest BCUT2D eigenvalue weighted by Crippen LogP contribution is 2.26. The minimum absolute atomic E-state index is 0.190. The summed E-state index contributed by atoms with van der Waals surface area (Å²) < 4.78 is 1.70. The number of rotatable bonds is 2. The van der Waals surface area contributed by atoms with Gasteiger partial charge in [0.2, 0.25) is 0 Å². The first kappa shape index (κ1) is 10.8. The van der Waals surface area contributed by atoms with Gasteiger partial charge < -0.3 is 10.7 Å². The Morgan fingerprint density at radius 3 is 2.94 bits per heavy atom. The Balaban J connectivity index is 2.51. The maximum Gasteiger partial charge on any atom is 0.276 e. The number of benzene rings is 1. The van der Waals surface area contributed by atoms with E-state index in [1.807, 2.05) is 31.2 Å². The van der Waals surface area contributed by atoms with Crippen molar-refractivity contribution in [1.82, 2.24) is 14.8 Å². The number of fused-ring (bicyclic) bond motifs is 3. The van der Waals surface area contributed by atoms with Crippen molar-refractivity contribution in [3.8, 4) is 0 Å². The van der Waals surface area contributed by atoms with Gasteiger partial charge in [0.25, 0.3) is 5.56 Å². The van der Waals surface area contributed by atoms with E-state index in [0.29, 0.717) is 17.9 Å². The highest BCUT2D eigenvalue weighted by atomic mass is 16.1. The van der Waals surface area contributed by atoms with Crippen LogP contribution in [0.15, 0.2) is 29.1 Å². The second kappa shape index (κ2) is 3.87. The quantitative estimate of drug-likeness (QED) is 0.720. The third-order valence-corrected chi connectivity index (χ3v) is 3.09. The van der Waals surface area contributed by atoms with Gasteiger partial charge in [-0.25, -0.2) is 4.68 Å². The van der Waals surface area contributed by atoms with E-state index in [4.69, 9.17) is 5.73 Å². The molecular formula is C13H14N4O. The minimum atomic E-state index is -0.190. The molecule has 18 heavy (non-hydrogen) atoms. The summed E-state index contributed by atoms with van der Waals surface area (Å²) >= 11 is 0. The largest absolute Gasteiger partial charge is 0.383 e. The van der Waals surface area contributed by atoms with E-state index in [9.17, 15) is 4.79 Å². The minimum Gasteiger partial charge on any atom is -0.383 e. The molecule has 3 rings (SSSR count). The number of anilines is 1. The molecule has 0 fully saturated rings. The van der Waals surface area contributed by atoms with Gasteiger partial charge in [0.05, 0.1) is 5.39 Å². The standard InChI is InChI=1S/C13H14N4O/c1-2-7-17-12(14)10-8-5-3-4-6-9(8)15-13(18)11(10)16-17/h3-6H,2,7,14H2,1H3,(H,15,18). The van der Waals surface area contributed by atoms with Crippen LogP contribution in [0.3, 0.4) is 0 Å². The van der Waals surface area contributed by atoms with Crippen molar-refractivity contribution >= 4 is 27.6 Å². The lowest BCUT2D eigenvalue weighted by Crippen LogP contribution is -2.07. The second-order valence-corrected chi connectivity index (χ2v) is 4.33. The molecule has 0 amide bonds. The number of aromatic amines is 1.